The summed E-state index contributed by atoms with van der Waals surface area (Å²) in [5, 5.41) is 3.29. The number of hydrogen-bond acceptors (Lipinski definition) is 4. The molecule has 6 heteroatoms. The van der Waals surface area contributed by atoms with Gasteiger partial charge in [-0.3, -0.25) is 4.79 Å². The minimum absolute atomic E-state index is 0.153. The van der Waals surface area contributed by atoms with Gasteiger partial charge < -0.3 is 10.3 Å². The normalized spacial score (nSPS) is 22.3. The molecule has 0 spiro atoms. The number of aromatic amines is 1. The summed E-state index contributed by atoms with van der Waals surface area (Å²) >= 11 is 0. The molecule has 1 saturated heterocycles. The molecular formula is C10H14N2O3S. The predicted molar refractivity (Wildman–Crippen MR) is 59.1 cm³/mol. The molecule has 1 unspecified atom stereocenters. The van der Waals surface area contributed by atoms with Crippen molar-refractivity contribution in [3.63, 3.8) is 0 Å². The summed E-state index contributed by atoms with van der Waals surface area (Å²) < 4.78 is 22.6. The van der Waals surface area contributed by atoms with E-state index in [0.717, 1.165) is 6.26 Å². The third-order valence-corrected chi connectivity index (χ3v) is 3.78. The van der Waals surface area contributed by atoms with Crippen LogP contribution in [0.2, 0.25) is 0 Å². The number of ketones is 1. The van der Waals surface area contributed by atoms with Gasteiger partial charge in [-0.25, -0.2) is 8.42 Å². The van der Waals surface area contributed by atoms with Crippen molar-refractivity contribution >= 4 is 15.6 Å². The van der Waals surface area contributed by atoms with E-state index in [1.54, 1.807) is 6.07 Å². The number of rotatable bonds is 2. The van der Waals surface area contributed by atoms with E-state index in [1.165, 1.54) is 6.07 Å². The number of Topliss-reactive ketones (excluding diaryl/α,β-unsaturated/α-hetero) is 1. The Labute approximate surface area is 94.2 Å². The van der Waals surface area contributed by atoms with Crippen molar-refractivity contribution in [3.8, 4) is 0 Å². The maximum absolute atomic E-state index is 11.6. The number of piperidine rings is 1. The topological polar surface area (TPSA) is 79.0 Å². The molecule has 0 aliphatic carbocycles. The highest BCUT2D eigenvalue weighted by atomic mass is 32.2. The Kier molecular flexibility index (Phi) is 2.86. The minimum Gasteiger partial charge on any atom is -0.349 e. The third-order valence-electron chi connectivity index (χ3n) is 2.74. The van der Waals surface area contributed by atoms with Crippen LogP contribution >= 0.6 is 0 Å². The third kappa shape index (κ3) is 2.17. The molecule has 1 aliphatic heterocycles. The van der Waals surface area contributed by atoms with E-state index in [-0.39, 0.29) is 16.7 Å². The molecule has 0 radical (unpaired) electrons. The lowest BCUT2D eigenvalue weighted by molar-refractivity contribution is -0.121. The van der Waals surface area contributed by atoms with Gasteiger partial charge in [0.05, 0.1) is 5.92 Å². The molecule has 1 fully saturated rings. The lowest BCUT2D eigenvalue weighted by Gasteiger charge is -2.20. The van der Waals surface area contributed by atoms with E-state index < -0.39 is 9.84 Å². The number of H-pyrrole nitrogens is 1. The Hall–Kier alpha value is -1.14. The highest BCUT2D eigenvalue weighted by Crippen LogP contribution is 2.21. The van der Waals surface area contributed by atoms with Crippen LogP contribution in [-0.4, -0.2) is 38.5 Å². The summed E-state index contributed by atoms with van der Waals surface area (Å²) in [6.07, 6.45) is 1.64. The summed E-state index contributed by atoms with van der Waals surface area (Å²) in [6, 6.07) is 3.18. The van der Waals surface area contributed by atoms with Gasteiger partial charge in [0, 0.05) is 31.5 Å². The van der Waals surface area contributed by atoms with Crippen molar-refractivity contribution in [1.29, 1.82) is 0 Å². The number of nitrogens with one attached hydrogen (secondary N) is 2. The number of aromatic nitrogens is 1. The Morgan fingerprint density at radius 2 is 2.12 bits per heavy atom. The van der Waals surface area contributed by atoms with Crippen LogP contribution in [0.3, 0.4) is 0 Å². The fraction of sp³-hybridized carbons (Fsp3) is 0.500. The molecule has 1 atom stereocenters. The second-order valence-corrected chi connectivity index (χ2v) is 6.01. The first-order valence-corrected chi connectivity index (χ1v) is 7.00. The molecule has 0 bridgehead atoms. The molecule has 2 rings (SSSR count). The second-order valence-electron chi connectivity index (χ2n) is 4.02. The van der Waals surface area contributed by atoms with Gasteiger partial charge in [0.25, 0.3) is 0 Å². The lowest BCUT2D eigenvalue weighted by Crippen LogP contribution is -2.35. The van der Waals surface area contributed by atoms with Crippen LogP contribution in [0.25, 0.3) is 0 Å². The molecule has 2 N–H and O–H groups in total. The van der Waals surface area contributed by atoms with Gasteiger partial charge in [0.2, 0.25) is 0 Å². The van der Waals surface area contributed by atoms with Crippen molar-refractivity contribution in [2.75, 3.05) is 19.3 Å². The number of hydrogen-bond donors (Lipinski definition) is 2. The second kappa shape index (κ2) is 4.03. The first-order chi connectivity index (χ1) is 7.48. The van der Waals surface area contributed by atoms with E-state index in [1.807, 2.05) is 0 Å². The van der Waals surface area contributed by atoms with E-state index >= 15 is 0 Å². The summed E-state index contributed by atoms with van der Waals surface area (Å²) in [5.41, 5.74) is 0.678. The van der Waals surface area contributed by atoms with Crippen molar-refractivity contribution in [2.24, 2.45) is 0 Å². The molecule has 5 nitrogen and oxygen atoms in total. The molecular weight excluding hydrogens is 228 g/mol. The van der Waals surface area contributed by atoms with Crippen LogP contribution in [0.15, 0.2) is 17.2 Å². The molecule has 2 heterocycles. The van der Waals surface area contributed by atoms with Crippen LogP contribution in [0.1, 0.15) is 18.0 Å². The quantitative estimate of drug-likeness (QED) is 0.769. The number of carbonyl (C=O) groups excluding carboxylic acids is 1. The number of sulfone groups is 1. The predicted octanol–water partition coefficient (Wildman–Crippen LogP) is 0.0642. The fourth-order valence-electron chi connectivity index (χ4n) is 1.84. The Balaban J connectivity index is 2.28. The van der Waals surface area contributed by atoms with Crippen LogP contribution in [0.5, 0.6) is 0 Å². The van der Waals surface area contributed by atoms with Gasteiger partial charge in [-0.15, -0.1) is 0 Å². The molecule has 88 valence electrons. The Bertz CT molecular complexity index is 504. The van der Waals surface area contributed by atoms with Crippen LogP contribution in [0.4, 0.5) is 0 Å². The summed E-state index contributed by atoms with van der Waals surface area (Å²) in [6.45, 7) is 1.28. The van der Waals surface area contributed by atoms with E-state index in [2.05, 4.69) is 10.3 Å². The van der Waals surface area contributed by atoms with Gasteiger partial charge in [-0.1, -0.05) is 0 Å². The van der Waals surface area contributed by atoms with Crippen molar-refractivity contribution < 1.29 is 13.2 Å². The Morgan fingerprint density at radius 3 is 2.69 bits per heavy atom. The van der Waals surface area contributed by atoms with E-state index in [0.29, 0.717) is 25.2 Å². The van der Waals surface area contributed by atoms with Crippen LogP contribution in [0, 0.1) is 0 Å². The largest absolute Gasteiger partial charge is 0.349 e. The molecule has 0 amide bonds. The highest BCUT2D eigenvalue weighted by molar-refractivity contribution is 7.90. The first-order valence-electron chi connectivity index (χ1n) is 5.11. The van der Waals surface area contributed by atoms with Gasteiger partial charge in [-0.2, -0.15) is 0 Å². The van der Waals surface area contributed by atoms with Gasteiger partial charge in [0.1, 0.15) is 10.8 Å². The average Bonchev–Trinajstić information content (AvgIpc) is 2.66. The number of carbonyl (C=O) groups is 1. The lowest BCUT2D eigenvalue weighted by atomic mass is 9.95. The fourth-order valence-corrected chi connectivity index (χ4v) is 2.46. The van der Waals surface area contributed by atoms with Crippen molar-refractivity contribution in [3.05, 3.63) is 17.8 Å². The molecule has 1 aromatic rings. The SMILES string of the molecule is CS(=O)(=O)c1ccc(C2CNCCC2=O)[nH]1. The molecule has 1 aliphatic rings. The zero-order chi connectivity index (χ0) is 11.8. The maximum Gasteiger partial charge on any atom is 0.190 e. The van der Waals surface area contributed by atoms with Crippen molar-refractivity contribution in [2.45, 2.75) is 17.4 Å². The van der Waals surface area contributed by atoms with E-state index in [4.69, 9.17) is 0 Å². The average molecular weight is 242 g/mol. The smallest absolute Gasteiger partial charge is 0.190 e. The summed E-state index contributed by atoms with van der Waals surface area (Å²) in [5.74, 6) is -0.0927. The minimum atomic E-state index is -3.23. The van der Waals surface area contributed by atoms with Crippen LogP contribution < -0.4 is 5.32 Å². The first kappa shape index (κ1) is 11.3. The molecule has 0 saturated carbocycles. The monoisotopic (exact) mass is 242 g/mol. The van der Waals surface area contributed by atoms with Crippen LogP contribution in [-0.2, 0) is 14.6 Å². The highest BCUT2D eigenvalue weighted by Gasteiger charge is 2.25. The maximum atomic E-state index is 11.6. The molecule has 1 aromatic heterocycles. The summed E-state index contributed by atoms with van der Waals surface area (Å²) in [7, 11) is -3.23. The Morgan fingerprint density at radius 1 is 1.38 bits per heavy atom. The van der Waals surface area contributed by atoms with Gasteiger partial charge >= 0.3 is 0 Å². The molecule has 0 aromatic carbocycles. The van der Waals surface area contributed by atoms with Crippen molar-refractivity contribution in [1.82, 2.24) is 10.3 Å². The zero-order valence-corrected chi connectivity index (χ0v) is 9.80. The van der Waals surface area contributed by atoms with E-state index in [9.17, 15) is 13.2 Å². The standard InChI is InChI=1S/C10H14N2O3S/c1-16(14,15)10-3-2-8(12-10)7-6-11-5-4-9(7)13/h2-3,7,11-12H,4-6H2,1H3. The zero-order valence-electron chi connectivity index (χ0n) is 8.99. The van der Waals surface area contributed by atoms with Gasteiger partial charge in [-0.05, 0) is 12.1 Å². The summed E-state index contributed by atoms with van der Waals surface area (Å²) in [4.78, 5) is 14.4. The van der Waals surface area contributed by atoms with Gasteiger partial charge in [0.15, 0.2) is 9.84 Å². The molecule has 16 heavy (non-hydrogen) atoms.